The molecule has 2 N–H and O–H groups in total. The second-order valence-corrected chi connectivity index (χ2v) is 9.22. The predicted molar refractivity (Wildman–Crippen MR) is 124 cm³/mol. The zero-order valence-electron chi connectivity index (χ0n) is 16.6. The Bertz CT molecular complexity index is 935. The molecule has 4 nitrogen and oxygen atoms in total. The number of anilines is 2. The SMILES string of the molecule is Cc1ccc(NC(=O)CSC2=NC3(CCCCCC3)Nc3ccccc32)c(Cl)c1. The average Bonchev–Trinajstić information content (AvgIpc) is 2.93. The molecule has 0 radical (unpaired) electrons. The molecule has 1 saturated carbocycles. The summed E-state index contributed by atoms with van der Waals surface area (Å²) in [4.78, 5) is 17.7. The van der Waals surface area contributed by atoms with Crippen molar-refractivity contribution >= 4 is 45.7 Å². The predicted octanol–water partition coefficient (Wildman–Crippen LogP) is 6.24. The molecule has 152 valence electrons. The number of thioether (sulfide) groups is 1. The van der Waals surface area contributed by atoms with Crippen LogP contribution in [0.2, 0.25) is 5.02 Å². The van der Waals surface area contributed by atoms with Crippen molar-refractivity contribution in [3.05, 3.63) is 58.6 Å². The molecule has 1 spiro atoms. The van der Waals surface area contributed by atoms with E-state index in [9.17, 15) is 4.79 Å². The highest BCUT2D eigenvalue weighted by Crippen LogP contribution is 2.39. The van der Waals surface area contributed by atoms with Crippen LogP contribution in [0.25, 0.3) is 0 Å². The molecule has 1 aliphatic heterocycles. The fraction of sp³-hybridized carbons (Fsp3) is 0.391. The molecular formula is C23H26ClN3OS. The van der Waals surface area contributed by atoms with Gasteiger partial charge in [0, 0.05) is 11.3 Å². The van der Waals surface area contributed by atoms with Crippen molar-refractivity contribution in [1.29, 1.82) is 0 Å². The lowest BCUT2D eigenvalue weighted by Gasteiger charge is -2.36. The van der Waals surface area contributed by atoms with Gasteiger partial charge in [-0.2, -0.15) is 0 Å². The lowest BCUT2D eigenvalue weighted by Crippen LogP contribution is -2.40. The second-order valence-electron chi connectivity index (χ2n) is 7.85. The van der Waals surface area contributed by atoms with E-state index in [-0.39, 0.29) is 11.6 Å². The number of rotatable bonds is 3. The first-order valence-electron chi connectivity index (χ1n) is 10.2. The van der Waals surface area contributed by atoms with Gasteiger partial charge in [0.15, 0.2) is 0 Å². The molecule has 0 atom stereocenters. The minimum atomic E-state index is -0.232. The van der Waals surface area contributed by atoms with Gasteiger partial charge in [0.1, 0.15) is 10.7 Å². The van der Waals surface area contributed by atoms with Crippen LogP contribution in [0.1, 0.15) is 49.7 Å². The third-order valence-corrected chi connectivity index (χ3v) is 6.81. The number of aryl methyl sites for hydroxylation is 1. The van der Waals surface area contributed by atoms with E-state index in [1.807, 2.05) is 31.2 Å². The summed E-state index contributed by atoms with van der Waals surface area (Å²) < 4.78 is 0. The molecule has 1 heterocycles. The molecule has 0 saturated heterocycles. The number of hydrogen-bond acceptors (Lipinski definition) is 4. The summed E-state index contributed by atoms with van der Waals surface area (Å²) in [5, 5.41) is 8.13. The summed E-state index contributed by atoms with van der Waals surface area (Å²) in [6.45, 7) is 1.98. The van der Waals surface area contributed by atoms with Crippen LogP contribution in [-0.2, 0) is 4.79 Å². The molecule has 0 bridgehead atoms. The van der Waals surface area contributed by atoms with Gasteiger partial charge in [0.25, 0.3) is 0 Å². The first-order chi connectivity index (χ1) is 14.0. The van der Waals surface area contributed by atoms with Gasteiger partial charge in [-0.05, 0) is 56.4 Å². The van der Waals surface area contributed by atoms with Crippen molar-refractivity contribution in [3.63, 3.8) is 0 Å². The van der Waals surface area contributed by atoms with Gasteiger partial charge in [-0.1, -0.05) is 60.5 Å². The molecule has 2 aliphatic rings. The molecular weight excluding hydrogens is 402 g/mol. The quantitative estimate of drug-likeness (QED) is 0.609. The molecule has 29 heavy (non-hydrogen) atoms. The highest BCUT2D eigenvalue weighted by Gasteiger charge is 2.35. The number of para-hydroxylation sites is 1. The lowest BCUT2D eigenvalue weighted by molar-refractivity contribution is -0.113. The van der Waals surface area contributed by atoms with Crippen molar-refractivity contribution in [3.8, 4) is 0 Å². The van der Waals surface area contributed by atoms with Crippen LogP contribution in [0.15, 0.2) is 47.5 Å². The van der Waals surface area contributed by atoms with Crippen molar-refractivity contribution in [1.82, 2.24) is 0 Å². The Morgan fingerprint density at radius 3 is 2.69 bits per heavy atom. The number of nitrogens with one attached hydrogen (secondary N) is 2. The Labute approximate surface area is 181 Å². The molecule has 1 amide bonds. The summed E-state index contributed by atoms with van der Waals surface area (Å²) in [6, 6.07) is 13.9. The molecule has 4 rings (SSSR count). The minimum absolute atomic E-state index is 0.0746. The Balaban J connectivity index is 1.50. The van der Waals surface area contributed by atoms with Gasteiger partial charge in [-0.15, -0.1) is 0 Å². The fourth-order valence-corrected chi connectivity index (χ4v) is 5.21. The number of hydrogen-bond donors (Lipinski definition) is 2. The maximum Gasteiger partial charge on any atom is 0.234 e. The zero-order chi connectivity index (χ0) is 20.3. The first-order valence-corrected chi connectivity index (χ1v) is 11.6. The van der Waals surface area contributed by atoms with Gasteiger partial charge < -0.3 is 10.6 Å². The zero-order valence-corrected chi connectivity index (χ0v) is 18.2. The second kappa shape index (κ2) is 8.80. The summed E-state index contributed by atoms with van der Waals surface area (Å²) >= 11 is 7.75. The molecule has 0 aromatic heterocycles. The number of fused-ring (bicyclic) bond motifs is 1. The minimum Gasteiger partial charge on any atom is -0.361 e. The van der Waals surface area contributed by atoms with Crippen LogP contribution in [0.3, 0.4) is 0 Å². The number of nitrogens with zero attached hydrogens (tertiary/aromatic N) is 1. The summed E-state index contributed by atoms with van der Waals surface area (Å²) in [7, 11) is 0. The number of carbonyl (C=O) groups is 1. The lowest BCUT2D eigenvalue weighted by atomic mass is 9.97. The highest BCUT2D eigenvalue weighted by molar-refractivity contribution is 8.15. The molecule has 2 aromatic carbocycles. The highest BCUT2D eigenvalue weighted by atomic mass is 35.5. The van der Waals surface area contributed by atoms with E-state index in [4.69, 9.17) is 16.6 Å². The van der Waals surface area contributed by atoms with E-state index in [1.165, 1.54) is 37.4 Å². The van der Waals surface area contributed by atoms with Crippen molar-refractivity contribution in [2.45, 2.75) is 51.1 Å². The van der Waals surface area contributed by atoms with Crippen molar-refractivity contribution < 1.29 is 4.79 Å². The van der Waals surface area contributed by atoms with Crippen LogP contribution in [0.4, 0.5) is 11.4 Å². The summed E-state index contributed by atoms with van der Waals surface area (Å²) in [5.41, 5.74) is 3.68. The van der Waals surface area contributed by atoms with Crippen molar-refractivity contribution in [2.75, 3.05) is 16.4 Å². The Morgan fingerprint density at radius 1 is 1.17 bits per heavy atom. The number of amides is 1. The number of carbonyl (C=O) groups excluding carboxylic acids is 1. The van der Waals surface area contributed by atoms with Gasteiger partial charge in [-0.3, -0.25) is 4.79 Å². The number of aliphatic imine (C=N–C) groups is 1. The van der Waals surface area contributed by atoms with Crippen LogP contribution in [-0.4, -0.2) is 22.4 Å². The molecule has 6 heteroatoms. The average molecular weight is 428 g/mol. The van der Waals surface area contributed by atoms with Crippen LogP contribution < -0.4 is 10.6 Å². The van der Waals surface area contributed by atoms with E-state index in [0.717, 1.165) is 34.7 Å². The monoisotopic (exact) mass is 427 g/mol. The maximum atomic E-state index is 12.6. The van der Waals surface area contributed by atoms with Gasteiger partial charge in [0.2, 0.25) is 5.91 Å². The molecule has 1 fully saturated rings. The smallest absolute Gasteiger partial charge is 0.234 e. The fourth-order valence-electron chi connectivity index (χ4n) is 4.01. The topological polar surface area (TPSA) is 53.5 Å². The maximum absolute atomic E-state index is 12.6. The molecule has 0 unspecified atom stereocenters. The Kier molecular flexibility index (Phi) is 6.16. The van der Waals surface area contributed by atoms with E-state index in [2.05, 4.69) is 28.8 Å². The van der Waals surface area contributed by atoms with Crippen LogP contribution in [0.5, 0.6) is 0 Å². The van der Waals surface area contributed by atoms with Gasteiger partial charge >= 0.3 is 0 Å². The molecule has 2 aromatic rings. The Morgan fingerprint density at radius 2 is 1.93 bits per heavy atom. The summed E-state index contributed by atoms with van der Waals surface area (Å²) in [6.07, 6.45) is 6.98. The summed E-state index contributed by atoms with van der Waals surface area (Å²) in [5.74, 6) is 0.224. The van der Waals surface area contributed by atoms with Gasteiger partial charge in [0.05, 0.1) is 16.5 Å². The van der Waals surface area contributed by atoms with E-state index < -0.39 is 0 Å². The first kappa shape index (κ1) is 20.3. The number of halogens is 1. The van der Waals surface area contributed by atoms with Crippen LogP contribution >= 0.6 is 23.4 Å². The van der Waals surface area contributed by atoms with E-state index in [1.54, 1.807) is 0 Å². The third kappa shape index (κ3) is 4.78. The van der Waals surface area contributed by atoms with Crippen molar-refractivity contribution in [2.24, 2.45) is 4.99 Å². The van der Waals surface area contributed by atoms with E-state index >= 15 is 0 Å². The largest absolute Gasteiger partial charge is 0.361 e. The third-order valence-electron chi connectivity index (χ3n) is 5.51. The molecule has 1 aliphatic carbocycles. The Hall–Kier alpha value is -1.98. The van der Waals surface area contributed by atoms with Crippen LogP contribution in [0, 0.1) is 6.92 Å². The normalized spacial score (nSPS) is 17.7. The van der Waals surface area contributed by atoms with E-state index in [0.29, 0.717) is 16.5 Å². The van der Waals surface area contributed by atoms with Gasteiger partial charge in [-0.25, -0.2) is 4.99 Å². The number of benzene rings is 2. The standard InChI is InChI=1S/C23H26ClN3OS/c1-16-10-11-20(18(24)14-16)25-21(28)15-29-22-17-8-4-5-9-19(17)26-23(27-22)12-6-2-3-7-13-23/h4-5,8-11,14,26H,2-3,6-7,12-13,15H2,1H3,(H,25,28).